The lowest BCUT2D eigenvalue weighted by atomic mass is 9.84. The minimum absolute atomic E-state index is 0.308. The number of nitrogen functional groups attached to an aromatic ring is 1. The normalized spacial score (nSPS) is 21.8. The van der Waals surface area contributed by atoms with Gasteiger partial charge in [-0.15, -0.1) is 0 Å². The Morgan fingerprint density at radius 1 is 1.18 bits per heavy atom. The summed E-state index contributed by atoms with van der Waals surface area (Å²) in [7, 11) is -0.682. The molecule has 0 atom stereocenters. The van der Waals surface area contributed by atoms with Gasteiger partial charge in [0.05, 0.1) is 16.8 Å². The Bertz CT molecular complexity index is 415. The van der Waals surface area contributed by atoms with Gasteiger partial charge < -0.3 is 15.0 Å². The quantitative estimate of drug-likeness (QED) is 0.588. The van der Waals surface area contributed by atoms with Crippen molar-refractivity contribution in [3.63, 3.8) is 0 Å². The van der Waals surface area contributed by atoms with Crippen LogP contribution in [0.1, 0.15) is 27.7 Å². The van der Waals surface area contributed by atoms with Crippen molar-refractivity contribution in [1.29, 1.82) is 0 Å². The molecule has 2 rings (SSSR count). The summed E-state index contributed by atoms with van der Waals surface area (Å²) in [5, 5.41) is 0. The molecule has 6 heteroatoms. The summed E-state index contributed by atoms with van der Waals surface area (Å²) in [6.45, 7) is 7.70. The third-order valence-electron chi connectivity index (χ3n) is 3.33. The highest BCUT2D eigenvalue weighted by Gasteiger charge is 2.52. The van der Waals surface area contributed by atoms with E-state index in [0.717, 1.165) is 6.07 Å². The number of nitrogens with two attached hydrogens (primary N) is 1. The molecule has 1 fully saturated rings. The summed E-state index contributed by atoms with van der Waals surface area (Å²) < 4.78 is 24.7. The van der Waals surface area contributed by atoms with Crippen LogP contribution < -0.4 is 11.3 Å². The van der Waals surface area contributed by atoms with Crippen LogP contribution in [0.3, 0.4) is 0 Å². The Morgan fingerprint density at radius 2 is 1.71 bits per heavy atom. The van der Waals surface area contributed by atoms with Gasteiger partial charge in [-0.3, -0.25) is 0 Å². The molecule has 1 aromatic rings. The van der Waals surface area contributed by atoms with E-state index in [2.05, 4.69) is 4.98 Å². The second-order valence-electron chi connectivity index (χ2n) is 5.24. The van der Waals surface area contributed by atoms with Gasteiger partial charge in [0, 0.05) is 11.8 Å². The summed E-state index contributed by atoms with van der Waals surface area (Å²) in [5.41, 5.74) is 5.30. The molecule has 1 aromatic heterocycles. The highest BCUT2D eigenvalue weighted by molar-refractivity contribution is 6.61. The van der Waals surface area contributed by atoms with Gasteiger partial charge in [-0.05, 0) is 33.8 Å². The smallest absolute Gasteiger partial charge is 0.399 e. The van der Waals surface area contributed by atoms with E-state index in [1.54, 1.807) is 6.07 Å². The molecule has 0 aromatic carbocycles. The average Bonchev–Trinajstić information content (AvgIpc) is 2.34. The number of hydrogen-bond acceptors (Lipinski definition) is 4. The topological polar surface area (TPSA) is 57.4 Å². The van der Waals surface area contributed by atoms with Crippen LogP contribution >= 0.6 is 0 Å². The van der Waals surface area contributed by atoms with Gasteiger partial charge in [0.25, 0.3) is 0 Å². The van der Waals surface area contributed by atoms with E-state index in [1.807, 2.05) is 27.7 Å². The molecular formula is C11H16BFN2O2. The molecular weight excluding hydrogens is 222 g/mol. The van der Waals surface area contributed by atoms with Crippen LogP contribution in [-0.4, -0.2) is 23.3 Å². The van der Waals surface area contributed by atoms with Crippen molar-refractivity contribution in [2.75, 3.05) is 5.73 Å². The maximum Gasteiger partial charge on any atom is 0.514 e. The number of anilines is 1. The molecule has 0 spiro atoms. The van der Waals surface area contributed by atoms with Crippen molar-refractivity contribution >= 4 is 18.4 Å². The molecule has 17 heavy (non-hydrogen) atoms. The fourth-order valence-electron chi connectivity index (χ4n) is 1.62. The van der Waals surface area contributed by atoms with Crippen molar-refractivity contribution < 1.29 is 13.7 Å². The summed E-state index contributed by atoms with van der Waals surface area (Å²) in [6.07, 6.45) is 0. The van der Waals surface area contributed by atoms with Crippen molar-refractivity contribution in [2.45, 2.75) is 38.9 Å². The molecule has 2 heterocycles. The van der Waals surface area contributed by atoms with E-state index in [0.29, 0.717) is 11.3 Å². The van der Waals surface area contributed by atoms with Gasteiger partial charge in [0.2, 0.25) is 5.95 Å². The van der Waals surface area contributed by atoms with Gasteiger partial charge >= 0.3 is 7.12 Å². The zero-order valence-electron chi connectivity index (χ0n) is 10.5. The standard InChI is InChI=1S/C11H16BFN2O2/c1-10(2)11(3,4)17-12(16-10)8-5-7(14)6-9(13)15-8/h5-6H,1-4H3,(H2,14,15). The van der Waals surface area contributed by atoms with E-state index in [-0.39, 0.29) is 0 Å². The molecule has 1 aliphatic heterocycles. The summed E-state index contributed by atoms with van der Waals surface area (Å²) >= 11 is 0. The molecule has 2 N–H and O–H groups in total. The van der Waals surface area contributed by atoms with Crippen molar-refractivity contribution in [1.82, 2.24) is 4.98 Å². The Labute approximate surface area is 100 Å². The first kappa shape index (κ1) is 12.3. The summed E-state index contributed by atoms with van der Waals surface area (Å²) in [5.74, 6) is -0.630. The van der Waals surface area contributed by atoms with Crippen LogP contribution in [0.2, 0.25) is 0 Å². The second kappa shape index (κ2) is 3.68. The molecule has 0 amide bonds. The number of aromatic nitrogens is 1. The number of nitrogens with zero attached hydrogens (tertiary/aromatic N) is 1. The lowest BCUT2D eigenvalue weighted by molar-refractivity contribution is 0.00578. The van der Waals surface area contributed by atoms with Crippen molar-refractivity contribution in [3.8, 4) is 0 Å². The molecule has 1 aliphatic rings. The van der Waals surface area contributed by atoms with Gasteiger partial charge in [-0.1, -0.05) is 0 Å². The minimum Gasteiger partial charge on any atom is -0.399 e. The largest absolute Gasteiger partial charge is 0.514 e. The molecule has 0 radical (unpaired) electrons. The van der Waals surface area contributed by atoms with E-state index in [4.69, 9.17) is 15.0 Å². The lowest BCUT2D eigenvalue weighted by Gasteiger charge is -2.32. The Hall–Kier alpha value is -1.14. The molecule has 4 nitrogen and oxygen atoms in total. The van der Waals surface area contributed by atoms with Crippen LogP contribution in [0.5, 0.6) is 0 Å². The predicted octanol–water partition coefficient (Wildman–Crippen LogP) is 1.10. The van der Waals surface area contributed by atoms with Crippen molar-refractivity contribution in [3.05, 3.63) is 18.1 Å². The third-order valence-corrected chi connectivity index (χ3v) is 3.33. The number of hydrogen-bond donors (Lipinski definition) is 1. The molecule has 1 saturated heterocycles. The second-order valence-corrected chi connectivity index (χ2v) is 5.24. The first-order chi connectivity index (χ1) is 7.71. The predicted molar refractivity (Wildman–Crippen MR) is 64.3 cm³/mol. The molecule has 92 valence electrons. The van der Waals surface area contributed by atoms with Gasteiger partial charge in [0.1, 0.15) is 0 Å². The van der Waals surface area contributed by atoms with Crippen LogP contribution in [0, 0.1) is 5.95 Å². The first-order valence-electron chi connectivity index (χ1n) is 5.50. The fourth-order valence-corrected chi connectivity index (χ4v) is 1.62. The van der Waals surface area contributed by atoms with Crippen molar-refractivity contribution in [2.24, 2.45) is 0 Å². The van der Waals surface area contributed by atoms with E-state index < -0.39 is 24.3 Å². The highest BCUT2D eigenvalue weighted by Crippen LogP contribution is 2.36. The van der Waals surface area contributed by atoms with Crippen LogP contribution in [0.15, 0.2) is 12.1 Å². The van der Waals surface area contributed by atoms with E-state index >= 15 is 0 Å². The number of pyridine rings is 1. The SMILES string of the molecule is CC1(C)OB(c2cc(N)cc(F)n2)OC1(C)C. The Balaban J connectivity index is 2.32. The van der Waals surface area contributed by atoms with Gasteiger partial charge in [-0.2, -0.15) is 4.39 Å². The maximum atomic E-state index is 13.2. The fraction of sp³-hybridized carbons (Fsp3) is 0.545. The number of halogens is 1. The monoisotopic (exact) mass is 238 g/mol. The number of rotatable bonds is 1. The van der Waals surface area contributed by atoms with E-state index in [9.17, 15) is 4.39 Å². The van der Waals surface area contributed by atoms with Gasteiger partial charge in [-0.25, -0.2) is 4.98 Å². The lowest BCUT2D eigenvalue weighted by Crippen LogP contribution is -2.41. The van der Waals surface area contributed by atoms with E-state index in [1.165, 1.54) is 0 Å². The van der Waals surface area contributed by atoms with Gasteiger partial charge in [0.15, 0.2) is 0 Å². The Kier molecular flexibility index (Phi) is 2.67. The first-order valence-corrected chi connectivity index (χ1v) is 5.50. The van der Waals surface area contributed by atoms with Crippen LogP contribution in [0.4, 0.5) is 10.1 Å². The summed E-state index contributed by atoms with van der Waals surface area (Å²) in [6, 6.07) is 2.72. The maximum absolute atomic E-state index is 13.2. The zero-order chi connectivity index (χ0) is 12.8. The van der Waals surface area contributed by atoms with Crippen LogP contribution in [-0.2, 0) is 9.31 Å². The molecule has 0 bridgehead atoms. The Morgan fingerprint density at radius 3 is 2.18 bits per heavy atom. The molecule has 0 unspecified atom stereocenters. The summed E-state index contributed by atoms with van der Waals surface area (Å²) in [4.78, 5) is 3.75. The highest BCUT2D eigenvalue weighted by atomic mass is 19.1. The zero-order valence-corrected chi connectivity index (χ0v) is 10.5. The third kappa shape index (κ3) is 2.15. The minimum atomic E-state index is -0.682. The molecule has 0 saturated carbocycles. The molecule has 0 aliphatic carbocycles. The van der Waals surface area contributed by atoms with Crippen LogP contribution in [0.25, 0.3) is 0 Å². The average molecular weight is 238 g/mol.